The van der Waals surface area contributed by atoms with Gasteiger partial charge in [-0.1, -0.05) is 13.3 Å². The lowest BCUT2D eigenvalue weighted by Gasteiger charge is -2.02. The SMILES string of the molecule is CCCCOC(=O)c1ccnc(Cl)n1. The first-order chi connectivity index (χ1) is 6.74. The molecule has 76 valence electrons. The highest BCUT2D eigenvalue weighted by Crippen LogP contribution is 2.03. The van der Waals surface area contributed by atoms with Crippen molar-refractivity contribution in [2.75, 3.05) is 6.61 Å². The van der Waals surface area contributed by atoms with Gasteiger partial charge in [0.25, 0.3) is 0 Å². The second kappa shape index (κ2) is 5.54. The van der Waals surface area contributed by atoms with E-state index in [0.717, 1.165) is 12.8 Å². The van der Waals surface area contributed by atoms with E-state index in [0.29, 0.717) is 6.61 Å². The molecule has 1 aromatic heterocycles. The largest absolute Gasteiger partial charge is 0.461 e. The highest BCUT2D eigenvalue weighted by atomic mass is 35.5. The molecule has 1 rings (SSSR count). The molecule has 0 saturated heterocycles. The summed E-state index contributed by atoms with van der Waals surface area (Å²) in [6.45, 7) is 2.44. The Hall–Kier alpha value is -1.16. The molecule has 0 aromatic carbocycles. The summed E-state index contributed by atoms with van der Waals surface area (Å²) in [5.41, 5.74) is 0.195. The fourth-order valence-electron chi connectivity index (χ4n) is 0.832. The predicted octanol–water partition coefficient (Wildman–Crippen LogP) is 2.09. The molecule has 0 aliphatic rings. The zero-order chi connectivity index (χ0) is 10.4. The van der Waals surface area contributed by atoms with E-state index in [4.69, 9.17) is 16.3 Å². The molecule has 0 radical (unpaired) electrons. The molecular weight excluding hydrogens is 204 g/mol. The van der Waals surface area contributed by atoms with Gasteiger partial charge in [0, 0.05) is 6.20 Å². The number of carbonyl (C=O) groups is 1. The lowest BCUT2D eigenvalue weighted by Crippen LogP contribution is -2.08. The maximum absolute atomic E-state index is 11.3. The lowest BCUT2D eigenvalue weighted by molar-refractivity contribution is 0.0492. The fraction of sp³-hybridized carbons (Fsp3) is 0.444. The smallest absolute Gasteiger partial charge is 0.357 e. The van der Waals surface area contributed by atoms with Crippen molar-refractivity contribution in [2.45, 2.75) is 19.8 Å². The maximum Gasteiger partial charge on any atom is 0.357 e. The number of esters is 1. The number of hydrogen-bond acceptors (Lipinski definition) is 4. The quantitative estimate of drug-likeness (QED) is 0.438. The van der Waals surface area contributed by atoms with Gasteiger partial charge in [-0.05, 0) is 24.1 Å². The Labute approximate surface area is 87.3 Å². The van der Waals surface area contributed by atoms with Crippen LogP contribution in [0.5, 0.6) is 0 Å². The molecule has 0 fully saturated rings. The average Bonchev–Trinajstić information content (AvgIpc) is 2.18. The highest BCUT2D eigenvalue weighted by molar-refractivity contribution is 6.28. The molecule has 0 aliphatic heterocycles. The molecule has 0 saturated carbocycles. The average molecular weight is 215 g/mol. The predicted molar refractivity (Wildman–Crippen MR) is 52.2 cm³/mol. The van der Waals surface area contributed by atoms with Gasteiger partial charge in [0.2, 0.25) is 5.28 Å². The van der Waals surface area contributed by atoms with Gasteiger partial charge in [-0.15, -0.1) is 0 Å². The van der Waals surface area contributed by atoms with Crippen LogP contribution in [0.15, 0.2) is 12.3 Å². The van der Waals surface area contributed by atoms with Crippen LogP contribution in [0.1, 0.15) is 30.3 Å². The van der Waals surface area contributed by atoms with Gasteiger partial charge in [-0.25, -0.2) is 14.8 Å². The molecule has 0 aliphatic carbocycles. The normalized spacial score (nSPS) is 9.86. The molecule has 0 bridgehead atoms. The van der Waals surface area contributed by atoms with E-state index in [1.54, 1.807) is 0 Å². The van der Waals surface area contributed by atoms with Crippen LogP contribution in [-0.2, 0) is 4.74 Å². The van der Waals surface area contributed by atoms with Crippen molar-refractivity contribution >= 4 is 17.6 Å². The van der Waals surface area contributed by atoms with Crippen molar-refractivity contribution in [1.82, 2.24) is 9.97 Å². The number of hydrogen-bond donors (Lipinski definition) is 0. The van der Waals surface area contributed by atoms with Crippen molar-refractivity contribution < 1.29 is 9.53 Å². The van der Waals surface area contributed by atoms with Gasteiger partial charge < -0.3 is 4.74 Å². The summed E-state index contributed by atoms with van der Waals surface area (Å²) >= 11 is 5.52. The summed E-state index contributed by atoms with van der Waals surface area (Å²) in [6, 6.07) is 1.47. The van der Waals surface area contributed by atoms with Crippen molar-refractivity contribution in [3.05, 3.63) is 23.2 Å². The minimum atomic E-state index is -0.456. The van der Waals surface area contributed by atoms with Crippen molar-refractivity contribution in [3.63, 3.8) is 0 Å². The summed E-state index contributed by atoms with van der Waals surface area (Å²) in [5.74, 6) is -0.456. The second-order valence-corrected chi connectivity index (χ2v) is 3.04. The van der Waals surface area contributed by atoms with Crippen LogP contribution in [0.4, 0.5) is 0 Å². The van der Waals surface area contributed by atoms with E-state index < -0.39 is 5.97 Å². The molecule has 14 heavy (non-hydrogen) atoms. The van der Waals surface area contributed by atoms with Crippen LogP contribution in [-0.4, -0.2) is 22.5 Å². The molecule has 0 spiro atoms. The van der Waals surface area contributed by atoms with E-state index in [1.165, 1.54) is 12.3 Å². The molecule has 1 heterocycles. The van der Waals surface area contributed by atoms with Gasteiger partial charge in [0.15, 0.2) is 5.69 Å². The third-order valence-corrected chi connectivity index (χ3v) is 1.75. The zero-order valence-electron chi connectivity index (χ0n) is 7.86. The van der Waals surface area contributed by atoms with E-state index in [1.807, 2.05) is 6.92 Å². The molecule has 4 nitrogen and oxygen atoms in total. The van der Waals surface area contributed by atoms with Crippen molar-refractivity contribution in [3.8, 4) is 0 Å². The maximum atomic E-state index is 11.3. The van der Waals surface area contributed by atoms with Crippen LogP contribution in [0.3, 0.4) is 0 Å². The first kappa shape index (κ1) is 10.9. The molecule has 0 unspecified atom stereocenters. The van der Waals surface area contributed by atoms with Gasteiger partial charge in [-0.3, -0.25) is 0 Å². The number of halogens is 1. The monoisotopic (exact) mass is 214 g/mol. The Morgan fingerprint density at radius 1 is 1.64 bits per heavy atom. The molecule has 1 aromatic rings. The van der Waals surface area contributed by atoms with Crippen LogP contribution in [0.25, 0.3) is 0 Å². The number of aromatic nitrogens is 2. The van der Waals surface area contributed by atoms with E-state index in [2.05, 4.69) is 9.97 Å². The second-order valence-electron chi connectivity index (χ2n) is 2.70. The third kappa shape index (κ3) is 3.30. The minimum Gasteiger partial charge on any atom is -0.461 e. The van der Waals surface area contributed by atoms with Gasteiger partial charge in [0.1, 0.15) is 0 Å². The number of ether oxygens (including phenoxy) is 1. The summed E-state index contributed by atoms with van der Waals surface area (Å²) in [6.07, 6.45) is 3.26. The Morgan fingerprint density at radius 2 is 2.43 bits per heavy atom. The molecule has 5 heteroatoms. The van der Waals surface area contributed by atoms with Crippen molar-refractivity contribution in [2.24, 2.45) is 0 Å². The number of rotatable bonds is 4. The molecular formula is C9H11ClN2O2. The Balaban J connectivity index is 2.52. The first-order valence-electron chi connectivity index (χ1n) is 4.39. The van der Waals surface area contributed by atoms with Gasteiger partial charge in [-0.2, -0.15) is 0 Å². The van der Waals surface area contributed by atoms with Crippen molar-refractivity contribution in [1.29, 1.82) is 0 Å². The van der Waals surface area contributed by atoms with E-state index in [-0.39, 0.29) is 11.0 Å². The summed E-state index contributed by atoms with van der Waals surface area (Å²) < 4.78 is 4.94. The minimum absolute atomic E-state index is 0.0509. The molecule has 0 amide bonds. The third-order valence-electron chi connectivity index (χ3n) is 1.57. The van der Waals surface area contributed by atoms with Crippen LogP contribution in [0, 0.1) is 0 Å². The van der Waals surface area contributed by atoms with Gasteiger partial charge >= 0.3 is 5.97 Å². The van der Waals surface area contributed by atoms with Gasteiger partial charge in [0.05, 0.1) is 6.61 Å². The number of unbranched alkanes of at least 4 members (excludes halogenated alkanes) is 1. The molecule has 0 atom stereocenters. The highest BCUT2D eigenvalue weighted by Gasteiger charge is 2.08. The Morgan fingerprint density at radius 3 is 3.07 bits per heavy atom. The number of nitrogens with zero attached hydrogens (tertiary/aromatic N) is 2. The zero-order valence-corrected chi connectivity index (χ0v) is 8.62. The summed E-state index contributed by atoms with van der Waals surface area (Å²) in [4.78, 5) is 18.7. The summed E-state index contributed by atoms with van der Waals surface area (Å²) in [7, 11) is 0. The van der Waals surface area contributed by atoms with E-state index >= 15 is 0 Å². The first-order valence-corrected chi connectivity index (χ1v) is 4.77. The lowest BCUT2D eigenvalue weighted by atomic mass is 10.3. The number of carbonyl (C=O) groups excluding carboxylic acids is 1. The Kier molecular flexibility index (Phi) is 4.32. The fourth-order valence-corrected chi connectivity index (χ4v) is 0.979. The van der Waals surface area contributed by atoms with Crippen LogP contribution >= 0.6 is 11.6 Å². The Bertz CT molecular complexity index is 317. The topological polar surface area (TPSA) is 52.1 Å². The van der Waals surface area contributed by atoms with E-state index in [9.17, 15) is 4.79 Å². The summed E-state index contributed by atoms with van der Waals surface area (Å²) in [5, 5.41) is 0.0509. The van der Waals surface area contributed by atoms with Crippen LogP contribution in [0.2, 0.25) is 5.28 Å². The standard InChI is InChI=1S/C9H11ClN2O2/c1-2-3-6-14-8(13)7-4-5-11-9(10)12-7/h4-5H,2-3,6H2,1H3. The van der Waals surface area contributed by atoms with Crippen LogP contribution < -0.4 is 0 Å². The molecule has 0 N–H and O–H groups in total.